The summed E-state index contributed by atoms with van der Waals surface area (Å²) in [5.74, 6) is 11.3. The lowest BCUT2D eigenvalue weighted by molar-refractivity contribution is -0.0349. The van der Waals surface area contributed by atoms with Crippen molar-refractivity contribution < 1.29 is 60.3 Å². The highest BCUT2D eigenvalue weighted by molar-refractivity contribution is 7.66. The third kappa shape index (κ3) is 11.6. The number of ether oxygens (including phenoxy) is 2. The monoisotopic (exact) mass is 680 g/mol. The van der Waals surface area contributed by atoms with Crippen molar-refractivity contribution in [1.82, 2.24) is 9.55 Å². The van der Waals surface area contributed by atoms with Crippen molar-refractivity contribution in [2.24, 2.45) is 5.73 Å². The summed E-state index contributed by atoms with van der Waals surface area (Å²) in [5.41, 5.74) is 11.7. The summed E-state index contributed by atoms with van der Waals surface area (Å²) in [4.78, 5) is 52.1. The van der Waals surface area contributed by atoms with Crippen LogP contribution in [0.2, 0.25) is 0 Å². The van der Waals surface area contributed by atoms with Crippen molar-refractivity contribution in [2.75, 3.05) is 32.1 Å². The van der Waals surface area contributed by atoms with Gasteiger partial charge in [0, 0.05) is 30.4 Å². The number of hydrogen-bond donors (Lipinski definition) is 6. The molecule has 3 rings (SSSR count). The quantitative estimate of drug-likeness (QED) is 0.103. The number of benzene rings is 1. The first-order chi connectivity index (χ1) is 20.6. The van der Waals surface area contributed by atoms with E-state index in [1.807, 2.05) is 0 Å². The molecule has 0 bridgehead atoms. The van der Waals surface area contributed by atoms with Crippen LogP contribution < -0.4 is 17.2 Å². The van der Waals surface area contributed by atoms with Gasteiger partial charge >= 0.3 is 29.2 Å². The molecule has 1 aliphatic heterocycles. The van der Waals surface area contributed by atoms with Crippen molar-refractivity contribution >= 4 is 29.3 Å². The summed E-state index contributed by atoms with van der Waals surface area (Å²) < 4.78 is 72.0. The average molecular weight is 680 g/mol. The Balaban J connectivity index is 1.65. The zero-order valence-electron chi connectivity index (χ0n) is 22.6. The number of rotatable bonds is 12. The van der Waals surface area contributed by atoms with E-state index in [9.17, 15) is 32.7 Å². The lowest BCUT2D eigenvalue weighted by Crippen LogP contribution is -2.29. The average Bonchev–Trinajstić information content (AvgIpc) is 3.27. The maximum atomic E-state index is 14.7. The highest BCUT2D eigenvalue weighted by atomic mass is 31.3. The molecule has 0 spiro atoms. The van der Waals surface area contributed by atoms with Crippen molar-refractivity contribution in [1.29, 1.82) is 0 Å². The molecule has 1 saturated heterocycles. The largest absolute Gasteiger partial charge is 0.490 e. The van der Waals surface area contributed by atoms with Crippen LogP contribution in [-0.2, 0) is 36.3 Å². The first-order valence-electron chi connectivity index (χ1n) is 12.4. The van der Waals surface area contributed by atoms with Gasteiger partial charge in [-0.1, -0.05) is 23.7 Å². The predicted octanol–water partition coefficient (Wildman–Crippen LogP) is 0.911. The van der Waals surface area contributed by atoms with Crippen molar-refractivity contribution in [2.45, 2.75) is 31.3 Å². The second-order valence-electron chi connectivity index (χ2n) is 8.82. The normalized spacial score (nSPS) is 20.9. The molecule has 0 aliphatic carbocycles. The van der Waals surface area contributed by atoms with Gasteiger partial charge in [-0.3, -0.25) is 9.09 Å². The molecule has 1 aliphatic rings. The number of alkyl halides is 1. The van der Waals surface area contributed by atoms with Crippen LogP contribution in [0.25, 0.3) is 0 Å². The molecule has 0 radical (unpaired) electrons. The number of hydrogen-bond acceptors (Lipinski definition) is 12. The van der Waals surface area contributed by atoms with Gasteiger partial charge in [0.2, 0.25) is 0 Å². The van der Waals surface area contributed by atoms with Gasteiger partial charge in [0.25, 0.3) is 0 Å². The van der Waals surface area contributed by atoms with Gasteiger partial charge < -0.3 is 40.5 Å². The highest BCUT2D eigenvalue weighted by Crippen LogP contribution is 2.66. The molecule has 0 saturated carbocycles. The number of phosphoric ester groups is 1. The summed E-state index contributed by atoms with van der Waals surface area (Å²) in [6, 6.07) is 6.91. The highest BCUT2D eigenvalue weighted by Gasteiger charge is 2.43. The van der Waals surface area contributed by atoms with E-state index in [0.29, 0.717) is 18.7 Å². The third-order valence-corrected chi connectivity index (χ3v) is 9.20. The number of anilines is 1. The molecule has 0 amide bonds. The van der Waals surface area contributed by atoms with E-state index in [0.717, 1.165) is 16.6 Å². The Hall–Kier alpha value is -2.76. The number of nitrogens with two attached hydrogens (primary N) is 2. The second kappa shape index (κ2) is 15.5. The molecule has 5 atom stereocenters. The molecular formula is C23H28FN4O13P3. The molecule has 1 aromatic carbocycles. The predicted molar refractivity (Wildman–Crippen MR) is 150 cm³/mol. The second-order valence-corrected chi connectivity index (χ2v) is 13.2. The van der Waals surface area contributed by atoms with Crippen LogP contribution in [0.4, 0.5) is 10.2 Å². The maximum Gasteiger partial charge on any atom is 0.490 e. The van der Waals surface area contributed by atoms with Gasteiger partial charge in [-0.2, -0.15) is 13.6 Å². The van der Waals surface area contributed by atoms with E-state index in [-0.39, 0.29) is 18.0 Å². The van der Waals surface area contributed by atoms with E-state index >= 15 is 0 Å². The van der Waals surface area contributed by atoms with Crippen molar-refractivity contribution in [3.8, 4) is 23.7 Å². The lowest BCUT2D eigenvalue weighted by atomic mass is 10.1. The smallest absolute Gasteiger partial charge is 0.382 e. The van der Waals surface area contributed by atoms with Gasteiger partial charge in [0.1, 0.15) is 30.9 Å². The van der Waals surface area contributed by atoms with Crippen LogP contribution in [0.5, 0.6) is 0 Å². The molecule has 17 nitrogen and oxygen atoms in total. The van der Waals surface area contributed by atoms with E-state index in [4.69, 9.17) is 30.7 Å². The summed E-state index contributed by atoms with van der Waals surface area (Å²) in [6.07, 6.45) is -3.22. The minimum atomic E-state index is -5.76. The molecular weight excluding hydrogens is 652 g/mol. The van der Waals surface area contributed by atoms with E-state index in [1.165, 1.54) is 6.20 Å². The van der Waals surface area contributed by atoms with Crippen LogP contribution in [-0.4, -0.2) is 67.8 Å². The Kier molecular flexibility index (Phi) is 12.6. The van der Waals surface area contributed by atoms with Gasteiger partial charge in [-0.15, -0.1) is 0 Å². The molecule has 21 heteroatoms. The summed E-state index contributed by atoms with van der Waals surface area (Å²) in [7, 11) is -16.9. The summed E-state index contributed by atoms with van der Waals surface area (Å²) in [5, 5.41) is 0. The van der Waals surface area contributed by atoms with Gasteiger partial charge in [0.05, 0.1) is 12.2 Å². The standard InChI is InChI=1S/C23H28FN4O13P3/c24-19-13-21(39-20(19)15-38-43(33,34)41-44(35,36)40-42(30,31)32)28-14-18(22(26)27-23(28)29)9-8-17-6-4-16(5-7-17)3-1-11-37-12-2-10-25/h4-7,14,19-21H,2,10-13,15,25H2,(H,33,34)(H,35,36)(H2,26,27,29)(H2,30,31,32). The van der Waals surface area contributed by atoms with E-state index in [1.54, 1.807) is 24.3 Å². The topological polar surface area (TPSA) is 265 Å². The summed E-state index contributed by atoms with van der Waals surface area (Å²) in [6.45, 7) is 0.305. The zero-order valence-corrected chi connectivity index (χ0v) is 25.3. The fraction of sp³-hybridized carbons (Fsp3) is 0.391. The van der Waals surface area contributed by atoms with Gasteiger partial charge in [0.15, 0.2) is 0 Å². The fourth-order valence-electron chi connectivity index (χ4n) is 3.49. The minimum absolute atomic E-state index is 0.110. The molecule has 2 aromatic rings. The number of nitrogens with zero attached hydrogens (tertiary/aromatic N) is 2. The number of phosphoric acid groups is 3. The van der Waals surface area contributed by atoms with Crippen LogP contribution >= 0.6 is 23.5 Å². The molecule has 1 aromatic heterocycles. The first kappa shape index (κ1) is 35.7. The van der Waals surface area contributed by atoms with Crippen LogP contribution in [0.3, 0.4) is 0 Å². The lowest BCUT2D eigenvalue weighted by Gasteiger charge is -2.19. The van der Waals surface area contributed by atoms with E-state index in [2.05, 4.69) is 41.8 Å². The van der Waals surface area contributed by atoms with Crippen molar-refractivity contribution in [3.05, 3.63) is 57.6 Å². The Labute approximate surface area is 249 Å². The van der Waals surface area contributed by atoms with Crippen LogP contribution in [0.15, 0.2) is 35.3 Å². The first-order valence-corrected chi connectivity index (χ1v) is 16.9. The van der Waals surface area contributed by atoms with Crippen LogP contribution in [0, 0.1) is 23.7 Å². The zero-order chi connectivity index (χ0) is 32.5. The molecule has 8 N–H and O–H groups in total. The number of halogens is 1. The Morgan fingerprint density at radius 2 is 1.70 bits per heavy atom. The minimum Gasteiger partial charge on any atom is -0.382 e. The molecule has 44 heavy (non-hydrogen) atoms. The van der Waals surface area contributed by atoms with Crippen LogP contribution in [0.1, 0.15) is 35.8 Å². The Bertz CT molecular complexity index is 1640. The van der Waals surface area contributed by atoms with E-state index < -0.39 is 60.7 Å². The molecule has 5 unspecified atom stereocenters. The fourth-order valence-corrected chi connectivity index (χ4v) is 6.52. The summed E-state index contributed by atoms with van der Waals surface area (Å²) >= 11 is 0. The molecule has 240 valence electrons. The Morgan fingerprint density at radius 3 is 2.34 bits per heavy atom. The van der Waals surface area contributed by atoms with Crippen molar-refractivity contribution in [3.63, 3.8) is 0 Å². The number of aromatic nitrogens is 2. The Morgan fingerprint density at radius 1 is 1.05 bits per heavy atom. The molecule has 2 heterocycles. The third-order valence-electron chi connectivity index (χ3n) is 5.40. The number of nitrogen functional groups attached to an aromatic ring is 1. The maximum absolute atomic E-state index is 14.7. The van der Waals surface area contributed by atoms with Gasteiger partial charge in [-0.25, -0.2) is 22.9 Å². The molecule has 1 fully saturated rings. The SMILES string of the molecule is NCCCOCC#Cc1ccc(C#Cc2cn(C3CC(F)C(COP(=O)(O)OP(=O)(O)OP(=O)(O)O)O3)c(=O)nc2N)cc1. The van der Waals surface area contributed by atoms with Gasteiger partial charge in [-0.05, 0) is 37.2 Å².